The molecule has 27 heavy (non-hydrogen) atoms. The maximum Gasteiger partial charge on any atom is 0.471 e. The zero-order chi connectivity index (χ0) is 19.0. The molecule has 2 aromatic rings. The predicted molar refractivity (Wildman–Crippen MR) is 88.7 cm³/mol. The van der Waals surface area contributed by atoms with Gasteiger partial charge in [-0.15, -0.1) is 0 Å². The number of halogens is 3. The van der Waals surface area contributed by atoms with E-state index < -0.39 is 12.1 Å². The lowest BCUT2D eigenvalue weighted by molar-refractivity contribution is -0.159. The van der Waals surface area contributed by atoms with Crippen LogP contribution in [0.4, 0.5) is 19.0 Å². The Bertz CT molecular complexity index is 809. The van der Waals surface area contributed by atoms with Gasteiger partial charge in [-0.1, -0.05) is 11.6 Å². The highest BCUT2D eigenvalue weighted by Gasteiger charge is 2.38. The smallest absolute Gasteiger partial charge is 0.353 e. The summed E-state index contributed by atoms with van der Waals surface area (Å²) in [6.07, 6.45) is -0.124. The highest BCUT2D eigenvalue weighted by atomic mass is 19.4. The minimum atomic E-state index is -4.67. The number of anilines is 1. The van der Waals surface area contributed by atoms with Crippen molar-refractivity contribution >= 4 is 11.7 Å². The van der Waals surface area contributed by atoms with Crippen molar-refractivity contribution in [2.45, 2.75) is 25.4 Å². The molecule has 0 unspecified atom stereocenters. The lowest BCUT2D eigenvalue weighted by atomic mass is 9.84. The molecule has 7 nitrogen and oxygen atoms in total. The molecule has 1 saturated carbocycles. The fourth-order valence-corrected chi connectivity index (χ4v) is 3.23. The third kappa shape index (κ3) is 3.60. The van der Waals surface area contributed by atoms with Gasteiger partial charge in [0.15, 0.2) is 0 Å². The summed E-state index contributed by atoms with van der Waals surface area (Å²) in [7, 11) is 0. The number of carbonyl (C=O) groups excluding carboxylic acids is 1. The molecule has 0 bridgehead atoms. The Labute approximate surface area is 153 Å². The van der Waals surface area contributed by atoms with Crippen LogP contribution in [0.25, 0.3) is 11.4 Å². The zero-order valence-corrected chi connectivity index (χ0v) is 14.4. The second-order valence-electron chi connectivity index (χ2n) is 6.77. The first-order chi connectivity index (χ1) is 12.9. The van der Waals surface area contributed by atoms with Gasteiger partial charge in [0.1, 0.15) is 5.82 Å². The summed E-state index contributed by atoms with van der Waals surface area (Å²) in [6, 6.07) is 3.32. The molecule has 0 atom stereocenters. The second kappa shape index (κ2) is 6.82. The van der Waals surface area contributed by atoms with Crippen LogP contribution in [0.2, 0.25) is 0 Å². The van der Waals surface area contributed by atoms with Crippen LogP contribution in [0, 0.1) is 5.92 Å². The molecule has 0 aromatic carbocycles. The van der Waals surface area contributed by atoms with Gasteiger partial charge in [0.05, 0.1) is 0 Å². The number of hydrogen-bond donors (Lipinski definition) is 0. The highest BCUT2D eigenvalue weighted by molar-refractivity contribution is 5.79. The number of rotatable bonds is 3. The van der Waals surface area contributed by atoms with E-state index in [-0.39, 0.29) is 17.6 Å². The fraction of sp³-hybridized carbons (Fsp3) is 0.529. The predicted octanol–water partition coefficient (Wildman–Crippen LogP) is 2.60. The molecule has 0 N–H and O–H groups in total. The first-order valence-corrected chi connectivity index (χ1v) is 8.83. The van der Waals surface area contributed by atoms with Crippen LogP contribution in [-0.2, 0) is 11.0 Å². The van der Waals surface area contributed by atoms with Crippen molar-refractivity contribution in [3.8, 4) is 11.4 Å². The summed E-state index contributed by atoms with van der Waals surface area (Å²) >= 11 is 0. The van der Waals surface area contributed by atoms with Gasteiger partial charge in [-0.2, -0.15) is 18.2 Å². The van der Waals surface area contributed by atoms with E-state index in [2.05, 4.69) is 19.6 Å². The van der Waals surface area contributed by atoms with Gasteiger partial charge in [-0.05, 0) is 25.0 Å². The van der Waals surface area contributed by atoms with Crippen LogP contribution in [0.1, 0.15) is 25.2 Å². The summed E-state index contributed by atoms with van der Waals surface area (Å²) in [5, 5.41) is 3.35. The van der Waals surface area contributed by atoms with E-state index >= 15 is 0 Å². The lowest BCUT2D eigenvalue weighted by Crippen LogP contribution is -2.51. The number of aromatic nitrogens is 3. The number of alkyl halides is 3. The molecule has 2 aromatic heterocycles. The van der Waals surface area contributed by atoms with Crippen molar-refractivity contribution in [3.63, 3.8) is 0 Å². The van der Waals surface area contributed by atoms with Gasteiger partial charge in [0.25, 0.3) is 0 Å². The summed E-state index contributed by atoms with van der Waals surface area (Å²) < 4.78 is 41.9. The number of piperazine rings is 1. The van der Waals surface area contributed by atoms with Crippen molar-refractivity contribution in [3.05, 3.63) is 24.2 Å². The van der Waals surface area contributed by atoms with Gasteiger partial charge in [0.2, 0.25) is 11.7 Å². The van der Waals surface area contributed by atoms with Gasteiger partial charge in [0, 0.05) is 43.9 Å². The first-order valence-electron chi connectivity index (χ1n) is 8.83. The Balaban J connectivity index is 1.38. The van der Waals surface area contributed by atoms with Crippen LogP contribution in [0.3, 0.4) is 0 Å². The van der Waals surface area contributed by atoms with Crippen molar-refractivity contribution in [2.75, 3.05) is 31.1 Å². The molecule has 4 rings (SSSR count). The van der Waals surface area contributed by atoms with Crippen molar-refractivity contribution in [1.82, 2.24) is 20.0 Å². The SMILES string of the molecule is O=C(C1CCC1)N1CCN(c2ccc(-c3noc(C(F)(F)F)n3)cn2)CC1. The molecule has 1 aliphatic heterocycles. The molecule has 3 heterocycles. The van der Waals surface area contributed by atoms with Gasteiger partial charge >= 0.3 is 12.1 Å². The Morgan fingerprint density at radius 3 is 2.41 bits per heavy atom. The van der Waals surface area contributed by atoms with Crippen LogP contribution in [0.15, 0.2) is 22.9 Å². The van der Waals surface area contributed by atoms with E-state index in [9.17, 15) is 18.0 Å². The minimum absolute atomic E-state index is 0.155. The number of carbonyl (C=O) groups is 1. The van der Waals surface area contributed by atoms with Crippen LogP contribution in [-0.4, -0.2) is 52.1 Å². The normalized spacial score (nSPS) is 18.5. The molecule has 1 saturated heterocycles. The van der Waals surface area contributed by atoms with Crippen molar-refractivity contribution < 1.29 is 22.5 Å². The van der Waals surface area contributed by atoms with E-state index in [1.807, 2.05) is 9.80 Å². The molecule has 0 radical (unpaired) electrons. The number of nitrogens with zero attached hydrogens (tertiary/aromatic N) is 5. The monoisotopic (exact) mass is 381 g/mol. The second-order valence-corrected chi connectivity index (χ2v) is 6.77. The number of pyridine rings is 1. The molecule has 144 valence electrons. The summed E-state index contributed by atoms with van der Waals surface area (Å²) in [5.41, 5.74) is 0.344. The Hall–Kier alpha value is -2.65. The van der Waals surface area contributed by atoms with Gasteiger partial charge in [-0.3, -0.25) is 4.79 Å². The van der Waals surface area contributed by atoms with E-state index in [0.29, 0.717) is 37.6 Å². The molecule has 1 aliphatic carbocycles. The number of amides is 1. The first kappa shape index (κ1) is 17.7. The summed E-state index contributed by atoms with van der Waals surface area (Å²) in [5.74, 6) is -0.382. The zero-order valence-electron chi connectivity index (χ0n) is 14.4. The lowest BCUT2D eigenvalue weighted by Gasteiger charge is -2.38. The average molecular weight is 381 g/mol. The third-order valence-corrected chi connectivity index (χ3v) is 5.04. The average Bonchev–Trinajstić information content (AvgIpc) is 3.11. The largest absolute Gasteiger partial charge is 0.471 e. The van der Waals surface area contributed by atoms with Crippen LogP contribution >= 0.6 is 0 Å². The van der Waals surface area contributed by atoms with Crippen LogP contribution < -0.4 is 4.90 Å². The molecular weight excluding hydrogens is 363 g/mol. The maximum atomic E-state index is 12.5. The summed E-state index contributed by atoms with van der Waals surface area (Å²) in [6.45, 7) is 2.65. The number of hydrogen-bond acceptors (Lipinski definition) is 6. The van der Waals surface area contributed by atoms with E-state index in [1.54, 1.807) is 12.1 Å². The third-order valence-electron chi connectivity index (χ3n) is 5.04. The van der Waals surface area contributed by atoms with Gasteiger partial charge in [-0.25, -0.2) is 4.98 Å². The molecule has 1 amide bonds. The topological polar surface area (TPSA) is 75.4 Å². The highest BCUT2D eigenvalue weighted by Crippen LogP contribution is 2.30. The fourth-order valence-electron chi connectivity index (χ4n) is 3.23. The molecular formula is C17H18F3N5O2. The quantitative estimate of drug-likeness (QED) is 0.814. The molecule has 2 aliphatic rings. The van der Waals surface area contributed by atoms with Crippen molar-refractivity contribution in [1.29, 1.82) is 0 Å². The van der Waals surface area contributed by atoms with Crippen molar-refractivity contribution in [2.24, 2.45) is 5.92 Å². The van der Waals surface area contributed by atoms with E-state index in [4.69, 9.17) is 0 Å². The molecule has 0 spiro atoms. The van der Waals surface area contributed by atoms with E-state index in [1.165, 1.54) is 6.20 Å². The Morgan fingerprint density at radius 2 is 1.89 bits per heavy atom. The van der Waals surface area contributed by atoms with E-state index in [0.717, 1.165) is 19.3 Å². The Morgan fingerprint density at radius 1 is 1.15 bits per heavy atom. The Kier molecular flexibility index (Phi) is 4.48. The standard InChI is InChI=1S/C17H18F3N5O2/c18-17(19,20)16-22-14(23-27-16)12-4-5-13(21-10-12)24-6-8-25(9-7-24)15(26)11-2-1-3-11/h4-5,10-11H,1-3,6-9H2. The molecule has 10 heteroatoms. The minimum Gasteiger partial charge on any atom is -0.353 e. The van der Waals surface area contributed by atoms with Gasteiger partial charge < -0.3 is 14.3 Å². The summed E-state index contributed by atoms with van der Waals surface area (Å²) in [4.78, 5) is 23.9. The maximum absolute atomic E-state index is 12.5. The van der Waals surface area contributed by atoms with Crippen LogP contribution in [0.5, 0.6) is 0 Å². The molecule has 2 fully saturated rings.